The first kappa shape index (κ1) is 13.1. The van der Waals surface area contributed by atoms with Crippen molar-refractivity contribution in [3.05, 3.63) is 65.0 Å². The van der Waals surface area contributed by atoms with Gasteiger partial charge in [-0.2, -0.15) is 0 Å². The van der Waals surface area contributed by atoms with Crippen molar-refractivity contribution >= 4 is 11.6 Å². The Labute approximate surface area is 111 Å². The molecule has 19 heavy (non-hydrogen) atoms. The summed E-state index contributed by atoms with van der Waals surface area (Å²) >= 11 is 0. The molecule has 0 aliphatic carbocycles. The average Bonchev–Trinajstić information content (AvgIpc) is 2.37. The van der Waals surface area contributed by atoms with E-state index in [1.807, 2.05) is 31.2 Å². The Balaban J connectivity index is 2.08. The zero-order valence-electron chi connectivity index (χ0n) is 10.6. The first-order chi connectivity index (χ1) is 9.08. The second kappa shape index (κ2) is 5.52. The van der Waals surface area contributed by atoms with E-state index in [0.717, 1.165) is 17.2 Å². The van der Waals surface area contributed by atoms with E-state index < -0.39 is 5.82 Å². The predicted molar refractivity (Wildman–Crippen MR) is 73.2 cm³/mol. The molecule has 1 amide bonds. The van der Waals surface area contributed by atoms with E-state index in [1.165, 1.54) is 12.1 Å². The van der Waals surface area contributed by atoms with E-state index >= 15 is 0 Å². The number of amides is 1. The van der Waals surface area contributed by atoms with Crippen LogP contribution in [0, 0.1) is 12.7 Å². The standard InChI is InChI=1S/C15H15FN2O/c1-10-4-2-3-5-11(10)9-18-15(19)13-7-6-12(16)8-14(13)17/h2-8H,9,17H2,1H3,(H,18,19). The van der Waals surface area contributed by atoms with Crippen LogP contribution < -0.4 is 11.1 Å². The van der Waals surface area contributed by atoms with Crippen LogP contribution in [0.2, 0.25) is 0 Å². The molecule has 0 bridgehead atoms. The van der Waals surface area contributed by atoms with Crippen molar-refractivity contribution < 1.29 is 9.18 Å². The predicted octanol–water partition coefficient (Wildman–Crippen LogP) is 2.65. The van der Waals surface area contributed by atoms with Gasteiger partial charge in [0.05, 0.1) is 5.56 Å². The SMILES string of the molecule is Cc1ccccc1CNC(=O)c1ccc(F)cc1N. The van der Waals surface area contributed by atoms with Crippen LogP contribution in [-0.4, -0.2) is 5.91 Å². The van der Waals surface area contributed by atoms with Crippen LogP contribution in [0.1, 0.15) is 21.5 Å². The quantitative estimate of drug-likeness (QED) is 0.831. The van der Waals surface area contributed by atoms with Gasteiger partial charge in [-0.1, -0.05) is 24.3 Å². The van der Waals surface area contributed by atoms with Crippen molar-refractivity contribution in [2.24, 2.45) is 0 Å². The fraction of sp³-hybridized carbons (Fsp3) is 0.133. The van der Waals surface area contributed by atoms with Gasteiger partial charge < -0.3 is 11.1 Å². The van der Waals surface area contributed by atoms with Gasteiger partial charge >= 0.3 is 0 Å². The van der Waals surface area contributed by atoms with E-state index in [1.54, 1.807) is 0 Å². The molecule has 0 spiro atoms. The number of nitrogens with two attached hydrogens (primary N) is 1. The molecule has 0 saturated heterocycles. The summed E-state index contributed by atoms with van der Waals surface area (Å²) in [4.78, 5) is 11.9. The number of benzene rings is 2. The van der Waals surface area contributed by atoms with Gasteiger partial charge in [0, 0.05) is 12.2 Å². The summed E-state index contributed by atoms with van der Waals surface area (Å²) in [5.74, 6) is -0.756. The molecule has 0 atom stereocenters. The highest BCUT2D eigenvalue weighted by molar-refractivity contribution is 5.99. The number of rotatable bonds is 3. The van der Waals surface area contributed by atoms with Crippen molar-refractivity contribution in [2.45, 2.75) is 13.5 Å². The number of carbonyl (C=O) groups is 1. The highest BCUT2D eigenvalue weighted by atomic mass is 19.1. The Hall–Kier alpha value is -2.36. The molecule has 0 aromatic heterocycles. The zero-order valence-corrected chi connectivity index (χ0v) is 10.6. The summed E-state index contributed by atoms with van der Waals surface area (Å²) in [6.45, 7) is 2.40. The third kappa shape index (κ3) is 3.10. The minimum atomic E-state index is -0.451. The van der Waals surface area contributed by atoms with Crippen LogP contribution in [-0.2, 0) is 6.54 Å². The molecule has 0 saturated carbocycles. The Morgan fingerprint density at radius 1 is 1.26 bits per heavy atom. The number of nitrogen functional groups attached to an aromatic ring is 1. The highest BCUT2D eigenvalue weighted by Gasteiger charge is 2.10. The van der Waals surface area contributed by atoms with E-state index in [0.29, 0.717) is 6.54 Å². The second-order valence-corrected chi connectivity index (χ2v) is 4.34. The maximum Gasteiger partial charge on any atom is 0.253 e. The monoisotopic (exact) mass is 258 g/mol. The first-order valence-electron chi connectivity index (χ1n) is 5.95. The lowest BCUT2D eigenvalue weighted by molar-refractivity contribution is 0.0951. The van der Waals surface area contributed by atoms with Crippen molar-refractivity contribution in [3.8, 4) is 0 Å². The van der Waals surface area contributed by atoms with Crippen LogP contribution in [0.15, 0.2) is 42.5 Å². The topological polar surface area (TPSA) is 55.1 Å². The Kier molecular flexibility index (Phi) is 3.80. The number of hydrogen-bond acceptors (Lipinski definition) is 2. The number of aryl methyl sites for hydroxylation is 1. The normalized spacial score (nSPS) is 10.2. The molecule has 98 valence electrons. The van der Waals surface area contributed by atoms with Gasteiger partial charge in [0.25, 0.3) is 5.91 Å². The molecule has 3 N–H and O–H groups in total. The van der Waals surface area contributed by atoms with Gasteiger partial charge in [0.1, 0.15) is 5.82 Å². The average molecular weight is 258 g/mol. The summed E-state index contributed by atoms with van der Waals surface area (Å²) in [6.07, 6.45) is 0. The van der Waals surface area contributed by atoms with E-state index in [-0.39, 0.29) is 17.2 Å². The zero-order chi connectivity index (χ0) is 13.8. The minimum Gasteiger partial charge on any atom is -0.398 e. The Morgan fingerprint density at radius 2 is 2.00 bits per heavy atom. The Morgan fingerprint density at radius 3 is 2.68 bits per heavy atom. The summed E-state index contributed by atoms with van der Waals surface area (Å²) in [7, 11) is 0. The smallest absolute Gasteiger partial charge is 0.253 e. The molecule has 2 rings (SSSR count). The van der Waals surface area contributed by atoms with Gasteiger partial charge in [0.2, 0.25) is 0 Å². The van der Waals surface area contributed by atoms with Crippen molar-refractivity contribution in [1.82, 2.24) is 5.32 Å². The maximum atomic E-state index is 12.9. The summed E-state index contributed by atoms with van der Waals surface area (Å²) < 4.78 is 12.9. The lowest BCUT2D eigenvalue weighted by Crippen LogP contribution is -2.24. The molecule has 0 radical (unpaired) electrons. The Bertz CT molecular complexity index is 611. The maximum absolute atomic E-state index is 12.9. The third-order valence-electron chi connectivity index (χ3n) is 2.96. The number of hydrogen-bond donors (Lipinski definition) is 2. The molecule has 0 unspecified atom stereocenters. The van der Waals surface area contributed by atoms with Gasteiger partial charge in [-0.3, -0.25) is 4.79 Å². The van der Waals surface area contributed by atoms with Crippen LogP contribution in [0.5, 0.6) is 0 Å². The fourth-order valence-electron chi connectivity index (χ4n) is 1.82. The number of halogens is 1. The fourth-order valence-corrected chi connectivity index (χ4v) is 1.82. The van der Waals surface area contributed by atoms with Gasteiger partial charge in [-0.25, -0.2) is 4.39 Å². The van der Waals surface area contributed by atoms with Crippen LogP contribution in [0.3, 0.4) is 0 Å². The van der Waals surface area contributed by atoms with E-state index in [2.05, 4.69) is 5.32 Å². The lowest BCUT2D eigenvalue weighted by Gasteiger charge is -2.09. The van der Waals surface area contributed by atoms with E-state index in [9.17, 15) is 9.18 Å². The largest absolute Gasteiger partial charge is 0.398 e. The summed E-state index contributed by atoms with van der Waals surface area (Å²) in [5, 5.41) is 2.77. The van der Waals surface area contributed by atoms with Crippen LogP contribution >= 0.6 is 0 Å². The minimum absolute atomic E-state index is 0.141. The number of nitrogens with one attached hydrogen (secondary N) is 1. The highest BCUT2D eigenvalue weighted by Crippen LogP contribution is 2.14. The third-order valence-corrected chi connectivity index (χ3v) is 2.96. The lowest BCUT2D eigenvalue weighted by atomic mass is 10.1. The molecule has 0 heterocycles. The molecule has 3 nitrogen and oxygen atoms in total. The summed E-state index contributed by atoms with van der Waals surface area (Å²) in [6, 6.07) is 11.5. The molecule has 0 aliphatic heterocycles. The first-order valence-corrected chi connectivity index (χ1v) is 5.95. The molecular formula is C15H15FN2O. The van der Waals surface area contributed by atoms with Crippen LogP contribution in [0.25, 0.3) is 0 Å². The van der Waals surface area contributed by atoms with Crippen molar-refractivity contribution in [1.29, 1.82) is 0 Å². The number of anilines is 1. The van der Waals surface area contributed by atoms with Gasteiger partial charge in [0.15, 0.2) is 0 Å². The second-order valence-electron chi connectivity index (χ2n) is 4.34. The molecule has 4 heteroatoms. The molecule has 2 aromatic carbocycles. The van der Waals surface area contributed by atoms with E-state index in [4.69, 9.17) is 5.73 Å². The molecular weight excluding hydrogens is 243 g/mol. The van der Waals surface area contributed by atoms with Gasteiger partial charge in [-0.15, -0.1) is 0 Å². The molecule has 0 aliphatic rings. The van der Waals surface area contributed by atoms with Crippen molar-refractivity contribution in [2.75, 3.05) is 5.73 Å². The van der Waals surface area contributed by atoms with Crippen LogP contribution in [0.4, 0.5) is 10.1 Å². The molecule has 2 aromatic rings. The number of carbonyl (C=O) groups excluding carboxylic acids is 1. The summed E-state index contributed by atoms with van der Waals surface area (Å²) in [5.41, 5.74) is 8.19. The van der Waals surface area contributed by atoms with Crippen molar-refractivity contribution in [3.63, 3.8) is 0 Å². The van der Waals surface area contributed by atoms with Gasteiger partial charge in [-0.05, 0) is 36.2 Å². The molecule has 0 fully saturated rings.